The number of nitrogens with one attached hydrogen (secondary N) is 2. The Morgan fingerprint density at radius 1 is 0.958 bits per heavy atom. The zero-order chi connectivity index (χ0) is 33.4. The van der Waals surface area contributed by atoms with Gasteiger partial charge in [-0.1, -0.05) is 42.3 Å². The molecule has 2 aliphatic carbocycles. The van der Waals surface area contributed by atoms with E-state index in [1.54, 1.807) is 48.3 Å². The monoisotopic (exact) mass is 653 g/mol. The first kappa shape index (κ1) is 31.6. The first-order valence-electron chi connectivity index (χ1n) is 16.8. The highest BCUT2D eigenvalue weighted by molar-refractivity contribution is 6.21. The SMILES string of the molecule is CNC(=O)[C@H]1CCCC[C@H]1C(=O)N1CCc2cccc(OCCNC(=O)c3cc(C4CC4)on3)c2[C@H]1CN1C(=O)c2ccccc2C1=O. The van der Waals surface area contributed by atoms with E-state index in [0.29, 0.717) is 48.6 Å². The molecule has 2 N–H and O–H groups in total. The maximum Gasteiger partial charge on any atom is 0.273 e. The van der Waals surface area contributed by atoms with Gasteiger partial charge >= 0.3 is 0 Å². The van der Waals surface area contributed by atoms with Crippen LogP contribution in [0, 0.1) is 11.8 Å². The van der Waals surface area contributed by atoms with Gasteiger partial charge in [-0.3, -0.25) is 28.9 Å². The summed E-state index contributed by atoms with van der Waals surface area (Å²) in [5.41, 5.74) is 2.56. The third kappa shape index (κ3) is 5.95. The number of hydrogen-bond donors (Lipinski definition) is 2. The first-order valence-corrected chi connectivity index (χ1v) is 16.8. The maximum atomic E-state index is 14.4. The summed E-state index contributed by atoms with van der Waals surface area (Å²) < 4.78 is 11.6. The average molecular weight is 654 g/mol. The van der Waals surface area contributed by atoms with Gasteiger partial charge in [0.1, 0.15) is 18.1 Å². The zero-order valence-electron chi connectivity index (χ0n) is 26.9. The first-order chi connectivity index (χ1) is 23.4. The molecule has 0 bridgehead atoms. The molecule has 2 fully saturated rings. The van der Waals surface area contributed by atoms with Crippen molar-refractivity contribution in [2.75, 3.05) is 33.3 Å². The van der Waals surface area contributed by atoms with Gasteiger partial charge in [-0.05, 0) is 55.9 Å². The number of carbonyl (C=O) groups excluding carboxylic acids is 5. The summed E-state index contributed by atoms with van der Waals surface area (Å²) in [5.74, 6) is -0.858. The number of benzene rings is 2. The Kier molecular flexibility index (Phi) is 8.72. The highest BCUT2D eigenvalue weighted by Crippen LogP contribution is 2.42. The number of ether oxygens (including phenoxy) is 1. The molecule has 5 amide bonds. The molecule has 3 heterocycles. The van der Waals surface area contributed by atoms with Gasteiger partial charge in [0, 0.05) is 43.0 Å². The van der Waals surface area contributed by atoms with E-state index in [1.165, 1.54) is 4.90 Å². The smallest absolute Gasteiger partial charge is 0.273 e. The van der Waals surface area contributed by atoms with Crippen LogP contribution in [0.1, 0.15) is 98.6 Å². The third-order valence-corrected chi connectivity index (χ3v) is 10.1. The molecule has 0 radical (unpaired) electrons. The van der Waals surface area contributed by atoms with Crippen molar-refractivity contribution >= 4 is 29.5 Å². The van der Waals surface area contributed by atoms with Gasteiger partial charge in [0.15, 0.2) is 5.69 Å². The largest absolute Gasteiger partial charge is 0.491 e. The van der Waals surface area contributed by atoms with Gasteiger partial charge in [0.2, 0.25) is 11.8 Å². The van der Waals surface area contributed by atoms with Crippen LogP contribution in [0.2, 0.25) is 0 Å². The lowest BCUT2D eigenvalue weighted by atomic mass is 9.77. The lowest BCUT2D eigenvalue weighted by Crippen LogP contribution is -2.51. The minimum Gasteiger partial charge on any atom is -0.491 e. The normalized spacial score (nSPS) is 21.8. The second kappa shape index (κ2) is 13.2. The lowest BCUT2D eigenvalue weighted by Gasteiger charge is -2.42. The van der Waals surface area contributed by atoms with E-state index >= 15 is 0 Å². The molecule has 0 saturated heterocycles. The van der Waals surface area contributed by atoms with Crippen molar-refractivity contribution in [3.63, 3.8) is 0 Å². The number of hydrogen-bond acceptors (Lipinski definition) is 8. The molecule has 4 aliphatic rings. The molecule has 12 nitrogen and oxygen atoms in total. The number of fused-ring (bicyclic) bond motifs is 2. The number of imide groups is 1. The van der Waals surface area contributed by atoms with Crippen LogP contribution in [0.15, 0.2) is 53.1 Å². The molecule has 1 aromatic heterocycles. The summed E-state index contributed by atoms with van der Waals surface area (Å²) in [6, 6.07) is 13.3. The topological polar surface area (TPSA) is 151 Å². The number of nitrogens with zero attached hydrogens (tertiary/aromatic N) is 3. The molecular formula is C36H39N5O7. The van der Waals surface area contributed by atoms with Crippen molar-refractivity contribution in [1.82, 2.24) is 25.6 Å². The van der Waals surface area contributed by atoms with E-state index in [9.17, 15) is 24.0 Å². The third-order valence-electron chi connectivity index (χ3n) is 10.1. The summed E-state index contributed by atoms with van der Waals surface area (Å²) in [7, 11) is 1.59. The van der Waals surface area contributed by atoms with Crippen LogP contribution in [0.5, 0.6) is 5.75 Å². The number of amides is 5. The van der Waals surface area contributed by atoms with E-state index in [2.05, 4.69) is 15.8 Å². The Morgan fingerprint density at radius 2 is 1.69 bits per heavy atom. The van der Waals surface area contributed by atoms with E-state index in [1.807, 2.05) is 12.1 Å². The fourth-order valence-corrected chi connectivity index (χ4v) is 7.41. The Hall–Kier alpha value is -5.00. The molecule has 0 unspecified atom stereocenters. The van der Waals surface area contributed by atoms with Crippen molar-refractivity contribution < 1.29 is 33.2 Å². The van der Waals surface area contributed by atoms with Gasteiger partial charge in [0.25, 0.3) is 17.7 Å². The van der Waals surface area contributed by atoms with Gasteiger partial charge in [-0.25, -0.2) is 0 Å². The Bertz CT molecular complexity index is 1730. The highest BCUT2D eigenvalue weighted by Gasteiger charge is 2.45. The molecule has 48 heavy (non-hydrogen) atoms. The lowest BCUT2D eigenvalue weighted by molar-refractivity contribution is -0.146. The summed E-state index contributed by atoms with van der Waals surface area (Å²) in [5, 5.41) is 9.44. The summed E-state index contributed by atoms with van der Waals surface area (Å²) >= 11 is 0. The quantitative estimate of drug-likeness (QED) is 0.249. The van der Waals surface area contributed by atoms with Crippen molar-refractivity contribution in [1.29, 1.82) is 0 Å². The standard InChI is InChI=1S/C36H39N5O7/c1-37-32(42)23-8-2-3-9-24(23)34(44)40-17-15-22-7-6-12-29(47-18-16-38-33(43)27-19-30(48-39-27)21-13-14-21)31(22)28(40)20-41-35(45)25-10-4-5-11-26(25)36(41)46/h4-7,10-12,19,21,23-24,28H,2-3,8-9,13-18,20H2,1H3,(H,37,42)(H,38,43)/t23-,24+,28+/m0/s1. The van der Waals surface area contributed by atoms with E-state index in [-0.39, 0.29) is 43.1 Å². The van der Waals surface area contributed by atoms with Crippen LogP contribution in [0.25, 0.3) is 0 Å². The molecule has 3 atom stereocenters. The van der Waals surface area contributed by atoms with Crippen LogP contribution >= 0.6 is 0 Å². The average Bonchev–Trinajstić information content (AvgIpc) is 3.80. The minimum absolute atomic E-state index is 0.0605. The van der Waals surface area contributed by atoms with Crippen molar-refractivity contribution in [2.45, 2.75) is 56.9 Å². The Morgan fingerprint density at radius 3 is 2.40 bits per heavy atom. The Labute approximate surface area is 278 Å². The number of carbonyl (C=O) groups is 5. The number of aromatic nitrogens is 1. The fourth-order valence-electron chi connectivity index (χ4n) is 7.41. The van der Waals surface area contributed by atoms with Crippen molar-refractivity contribution in [3.8, 4) is 5.75 Å². The second-order valence-corrected chi connectivity index (χ2v) is 13.0. The van der Waals surface area contributed by atoms with Crippen molar-refractivity contribution in [3.05, 3.63) is 82.2 Å². The molecule has 250 valence electrons. The maximum absolute atomic E-state index is 14.4. The van der Waals surface area contributed by atoms with Crippen molar-refractivity contribution in [2.24, 2.45) is 11.8 Å². The molecule has 7 rings (SSSR count). The number of rotatable bonds is 10. The highest BCUT2D eigenvalue weighted by atomic mass is 16.5. The van der Waals surface area contributed by atoms with Gasteiger partial charge in [-0.2, -0.15) is 0 Å². The van der Waals surface area contributed by atoms with Crippen LogP contribution in [-0.2, 0) is 16.0 Å². The molecule has 2 saturated carbocycles. The molecule has 12 heteroatoms. The second-order valence-electron chi connectivity index (χ2n) is 13.0. The predicted molar refractivity (Wildman–Crippen MR) is 172 cm³/mol. The van der Waals surface area contributed by atoms with Gasteiger partial charge in [0.05, 0.1) is 30.3 Å². The molecular weight excluding hydrogens is 614 g/mol. The van der Waals surface area contributed by atoms with Gasteiger partial charge in [-0.15, -0.1) is 0 Å². The van der Waals surface area contributed by atoms with E-state index in [0.717, 1.165) is 42.6 Å². The minimum atomic E-state index is -0.697. The Balaban J connectivity index is 1.14. The summed E-state index contributed by atoms with van der Waals surface area (Å²) in [4.78, 5) is 70.0. The fraction of sp³-hybridized carbons (Fsp3) is 0.444. The van der Waals surface area contributed by atoms with Crippen LogP contribution in [0.4, 0.5) is 0 Å². The summed E-state index contributed by atoms with van der Waals surface area (Å²) in [6.45, 7) is 0.631. The van der Waals surface area contributed by atoms with Crippen LogP contribution in [-0.4, -0.2) is 77.8 Å². The van der Waals surface area contributed by atoms with E-state index < -0.39 is 29.7 Å². The van der Waals surface area contributed by atoms with E-state index in [4.69, 9.17) is 9.26 Å². The zero-order valence-corrected chi connectivity index (χ0v) is 26.9. The van der Waals surface area contributed by atoms with Gasteiger partial charge < -0.3 is 24.8 Å². The predicted octanol–water partition coefficient (Wildman–Crippen LogP) is 3.64. The molecule has 2 aromatic carbocycles. The van der Waals surface area contributed by atoms with Crippen LogP contribution < -0.4 is 15.4 Å². The van der Waals surface area contributed by atoms with Crippen LogP contribution in [0.3, 0.4) is 0 Å². The molecule has 2 aliphatic heterocycles. The molecule has 3 aromatic rings. The summed E-state index contributed by atoms with van der Waals surface area (Å²) in [6.07, 6.45) is 5.55. The molecule has 0 spiro atoms.